The molecule has 1 N–H and O–H groups in total. The molecule has 4 aromatic rings. The summed E-state index contributed by atoms with van der Waals surface area (Å²) in [5, 5.41) is 4.99. The van der Waals surface area contributed by atoms with E-state index in [1.54, 1.807) is 29.7 Å². The van der Waals surface area contributed by atoms with Gasteiger partial charge in [0.05, 0.1) is 0 Å². The van der Waals surface area contributed by atoms with E-state index in [9.17, 15) is 9.18 Å². The van der Waals surface area contributed by atoms with Crippen molar-refractivity contribution in [2.45, 2.75) is 19.4 Å². The number of benzene rings is 2. The van der Waals surface area contributed by atoms with E-state index in [4.69, 9.17) is 4.74 Å². The van der Waals surface area contributed by atoms with Gasteiger partial charge in [-0.25, -0.2) is 4.39 Å². The number of nitrogens with zero attached hydrogens (tertiary/aromatic N) is 1. The van der Waals surface area contributed by atoms with Gasteiger partial charge in [-0.3, -0.25) is 9.78 Å². The van der Waals surface area contributed by atoms with Crippen LogP contribution in [0.15, 0.2) is 84.5 Å². The largest absolute Gasteiger partial charge is 0.457 e. The summed E-state index contributed by atoms with van der Waals surface area (Å²) in [6.07, 6.45) is 4.57. The van der Waals surface area contributed by atoms with Gasteiger partial charge in [0.1, 0.15) is 17.3 Å². The molecule has 0 radical (unpaired) electrons. The lowest BCUT2D eigenvalue weighted by molar-refractivity contribution is -0.121. The molecule has 4 nitrogen and oxygen atoms in total. The lowest BCUT2D eigenvalue weighted by atomic mass is 10.1. The van der Waals surface area contributed by atoms with Gasteiger partial charge >= 0.3 is 0 Å². The molecule has 31 heavy (non-hydrogen) atoms. The monoisotopic (exact) mass is 432 g/mol. The molecule has 2 heterocycles. The Labute approximate surface area is 184 Å². The van der Waals surface area contributed by atoms with Crippen LogP contribution in [-0.2, 0) is 17.8 Å². The predicted molar refractivity (Wildman–Crippen MR) is 121 cm³/mol. The highest BCUT2D eigenvalue weighted by Crippen LogP contribution is 2.25. The molecule has 1 amide bonds. The molecule has 0 aliphatic heterocycles. The van der Waals surface area contributed by atoms with Gasteiger partial charge < -0.3 is 10.1 Å². The number of hydrogen-bond acceptors (Lipinski definition) is 4. The molecule has 0 aliphatic rings. The Bertz CT molecular complexity index is 1140. The Morgan fingerprint density at radius 1 is 0.968 bits per heavy atom. The Kier molecular flexibility index (Phi) is 6.69. The number of aryl methyl sites for hydroxylation is 1. The fraction of sp³-hybridized carbons (Fsp3) is 0.120. The molecular weight excluding hydrogens is 411 g/mol. The molecule has 0 unspecified atom stereocenters. The number of pyridine rings is 1. The van der Waals surface area contributed by atoms with Crippen molar-refractivity contribution in [2.75, 3.05) is 0 Å². The number of halogens is 1. The number of nitrogens with one attached hydrogen (secondary N) is 1. The summed E-state index contributed by atoms with van der Waals surface area (Å²) in [6, 6.07) is 19.6. The molecule has 0 atom stereocenters. The number of rotatable bonds is 8. The minimum atomic E-state index is -0.304. The second kappa shape index (κ2) is 10.00. The average molecular weight is 433 g/mol. The average Bonchev–Trinajstić information content (AvgIpc) is 3.33. The number of hydrogen-bond donors (Lipinski definition) is 1. The summed E-state index contributed by atoms with van der Waals surface area (Å²) >= 11 is 1.66. The lowest BCUT2D eigenvalue weighted by Crippen LogP contribution is -2.23. The maximum atomic E-state index is 13.0. The third kappa shape index (κ3) is 5.99. The predicted octanol–water partition coefficient (Wildman–Crippen LogP) is 5.99. The van der Waals surface area contributed by atoms with Crippen molar-refractivity contribution >= 4 is 17.2 Å². The van der Waals surface area contributed by atoms with Crippen LogP contribution in [0.25, 0.3) is 10.4 Å². The number of thiophene rings is 1. The first-order valence-corrected chi connectivity index (χ1v) is 10.8. The molecule has 4 rings (SSSR count). The summed E-state index contributed by atoms with van der Waals surface area (Å²) in [5.74, 6) is 0.892. The van der Waals surface area contributed by atoms with Crippen LogP contribution in [0.3, 0.4) is 0 Å². The van der Waals surface area contributed by atoms with Gasteiger partial charge in [0.25, 0.3) is 0 Å². The van der Waals surface area contributed by atoms with E-state index in [2.05, 4.69) is 22.4 Å². The first-order valence-electron chi connectivity index (χ1n) is 9.92. The quantitative estimate of drug-likeness (QED) is 0.372. The standard InChI is InChI=1S/C25H21FN2O2S/c26-21-7-9-22(10-8-21)30-23-4-1-3-18(14-23)6-11-25(29)28-16-19-13-20(17-27-15-19)24-5-2-12-31-24/h1-5,7-10,12-15,17H,6,11,16H2,(H,28,29). The third-order valence-electron chi connectivity index (χ3n) is 4.68. The first-order chi connectivity index (χ1) is 15.2. The number of ether oxygens (including phenoxy) is 1. The van der Waals surface area contributed by atoms with Gasteiger partial charge in [-0.05, 0) is 71.5 Å². The molecule has 156 valence electrons. The maximum absolute atomic E-state index is 13.0. The molecule has 6 heteroatoms. The van der Waals surface area contributed by atoms with Crippen LogP contribution in [-0.4, -0.2) is 10.9 Å². The van der Waals surface area contributed by atoms with Gasteiger partial charge in [0, 0.05) is 35.8 Å². The van der Waals surface area contributed by atoms with E-state index in [0.29, 0.717) is 30.9 Å². The van der Waals surface area contributed by atoms with Crippen LogP contribution < -0.4 is 10.1 Å². The minimum absolute atomic E-state index is 0.0219. The first kappa shape index (κ1) is 20.8. The van der Waals surface area contributed by atoms with E-state index in [1.165, 1.54) is 12.1 Å². The van der Waals surface area contributed by atoms with Crippen LogP contribution in [0.2, 0.25) is 0 Å². The third-order valence-corrected chi connectivity index (χ3v) is 5.60. The van der Waals surface area contributed by atoms with Gasteiger partial charge in [0.2, 0.25) is 5.91 Å². The number of amides is 1. The molecule has 0 bridgehead atoms. The van der Waals surface area contributed by atoms with E-state index in [-0.39, 0.29) is 11.7 Å². The second-order valence-corrected chi connectivity index (χ2v) is 7.99. The fourth-order valence-electron chi connectivity index (χ4n) is 3.11. The van der Waals surface area contributed by atoms with Crippen molar-refractivity contribution in [1.29, 1.82) is 0 Å². The molecule has 0 aliphatic carbocycles. The van der Waals surface area contributed by atoms with Crippen molar-refractivity contribution in [3.8, 4) is 21.9 Å². The van der Waals surface area contributed by atoms with Crippen molar-refractivity contribution in [2.24, 2.45) is 0 Å². The zero-order valence-electron chi connectivity index (χ0n) is 16.8. The molecule has 0 fully saturated rings. The molecule has 0 saturated heterocycles. The van der Waals surface area contributed by atoms with Crippen molar-refractivity contribution in [1.82, 2.24) is 10.3 Å². The Balaban J connectivity index is 1.28. The summed E-state index contributed by atoms with van der Waals surface area (Å²) < 4.78 is 18.8. The number of carbonyl (C=O) groups excluding carboxylic acids is 1. The summed E-state index contributed by atoms with van der Waals surface area (Å²) in [6.45, 7) is 0.443. The minimum Gasteiger partial charge on any atom is -0.457 e. The van der Waals surface area contributed by atoms with Gasteiger partial charge in [-0.15, -0.1) is 11.3 Å². The number of aromatic nitrogens is 1. The van der Waals surface area contributed by atoms with E-state index in [1.807, 2.05) is 41.9 Å². The van der Waals surface area contributed by atoms with Gasteiger partial charge in [-0.1, -0.05) is 18.2 Å². The Morgan fingerprint density at radius 3 is 2.65 bits per heavy atom. The fourth-order valence-corrected chi connectivity index (χ4v) is 3.82. The highest BCUT2D eigenvalue weighted by atomic mass is 32.1. The van der Waals surface area contributed by atoms with Crippen LogP contribution in [0.4, 0.5) is 4.39 Å². The van der Waals surface area contributed by atoms with Crippen LogP contribution in [0.5, 0.6) is 11.5 Å². The van der Waals surface area contributed by atoms with E-state index < -0.39 is 0 Å². The summed E-state index contributed by atoms with van der Waals surface area (Å²) in [5.41, 5.74) is 3.02. The number of carbonyl (C=O) groups is 1. The maximum Gasteiger partial charge on any atom is 0.220 e. The molecule has 2 aromatic carbocycles. The second-order valence-electron chi connectivity index (χ2n) is 7.04. The smallest absolute Gasteiger partial charge is 0.220 e. The Morgan fingerprint density at radius 2 is 1.84 bits per heavy atom. The molecule has 0 spiro atoms. The zero-order valence-corrected chi connectivity index (χ0v) is 17.6. The molecule has 0 saturated carbocycles. The normalized spacial score (nSPS) is 10.6. The van der Waals surface area contributed by atoms with Crippen LogP contribution in [0, 0.1) is 5.82 Å². The van der Waals surface area contributed by atoms with Crippen molar-refractivity contribution in [3.63, 3.8) is 0 Å². The summed E-state index contributed by atoms with van der Waals surface area (Å²) in [4.78, 5) is 17.8. The Hall–Kier alpha value is -3.51. The van der Waals surface area contributed by atoms with Gasteiger partial charge in [0.15, 0.2) is 0 Å². The zero-order chi connectivity index (χ0) is 21.5. The van der Waals surface area contributed by atoms with Crippen molar-refractivity contribution < 1.29 is 13.9 Å². The highest BCUT2D eigenvalue weighted by molar-refractivity contribution is 7.13. The molecular formula is C25H21FN2O2S. The lowest BCUT2D eigenvalue weighted by Gasteiger charge is -2.09. The highest BCUT2D eigenvalue weighted by Gasteiger charge is 2.06. The van der Waals surface area contributed by atoms with E-state index >= 15 is 0 Å². The SMILES string of the molecule is O=C(CCc1cccc(Oc2ccc(F)cc2)c1)NCc1cncc(-c2cccs2)c1. The van der Waals surface area contributed by atoms with Crippen molar-refractivity contribution in [3.05, 3.63) is 101 Å². The topological polar surface area (TPSA) is 51.2 Å². The molecule has 2 aromatic heterocycles. The van der Waals surface area contributed by atoms with E-state index in [0.717, 1.165) is 21.6 Å². The van der Waals surface area contributed by atoms with Crippen LogP contribution >= 0.6 is 11.3 Å². The van der Waals surface area contributed by atoms with Gasteiger partial charge in [-0.2, -0.15) is 0 Å². The van der Waals surface area contributed by atoms with Crippen LogP contribution in [0.1, 0.15) is 17.5 Å². The summed E-state index contributed by atoms with van der Waals surface area (Å²) in [7, 11) is 0.